The molecule has 1 amide bonds. The molecular weight excluding hydrogens is 379 g/mol. The maximum absolute atomic E-state index is 13.1. The number of nitrogens with zero attached hydrogens (tertiary/aromatic N) is 1. The number of aromatic nitrogens is 1. The van der Waals surface area contributed by atoms with Crippen LogP contribution in [0.5, 0.6) is 0 Å². The first kappa shape index (κ1) is 16.4. The molecule has 1 aromatic carbocycles. The Morgan fingerprint density at radius 1 is 1.32 bits per heavy atom. The van der Waals surface area contributed by atoms with Gasteiger partial charge in [0.2, 0.25) is 0 Å². The number of hydrogen-bond donors (Lipinski definition) is 1. The molecule has 0 saturated carbocycles. The lowest BCUT2D eigenvalue weighted by Gasteiger charge is -2.08. The van der Waals surface area contributed by atoms with E-state index in [0.29, 0.717) is 4.47 Å². The van der Waals surface area contributed by atoms with Crippen molar-refractivity contribution < 1.29 is 18.7 Å². The number of carbonyl (C=O) groups excluding carboxylic acids is 2. The van der Waals surface area contributed by atoms with Crippen molar-refractivity contribution in [2.45, 2.75) is 0 Å². The molecule has 114 valence electrons. The minimum absolute atomic E-state index is 0.104. The van der Waals surface area contributed by atoms with Crippen LogP contribution in [-0.4, -0.2) is 23.5 Å². The van der Waals surface area contributed by atoms with Crippen molar-refractivity contribution in [2.24, 2.45) is 0 Å². The number of esters is 1. The number of amides is 1. The summed E-state index contributed by atoms with van der Waals surface area (Å²) in [6.07, 6.45) is 2.82. The molecule has 2 rings (SSSR count). The summed E-state index contributed by atoms with van der Waals surface area (Å²) in [5, 5.41) is 2.53. The third-order valence-electron chi connectivity index (χ3n) is 2.48. The van der Waals surface area contributed by atoms with Crippen molar-refractivity contribution in [3.8, 4) is 0 Å². The number of benzene rings is 1. The molecule has 0 spiro atoms. The van der Waals surface area contributed by atoms with Gasteiger partial charge in [-0.3, -0.25) is 9.78 Å². The number of nitrogens with one attached hydrogen (secondary N) is 1. The zero-order valence-corrected chi connectivity index (χ0v) is 13.3. The van der Waals surface area contributed by atoms with E-state index in [1.54, 1.807) is 0 Å². The molecule has 0 radical (unpaired) electrons. The Morgan fingerprint density at radius 3 is 2.82 bits per heavy atom. The molecule has 0 aliphatic carbocycles. The summed E-state index contributed by atoms with van der Waals surface area (Å²) in [7, 11) is 0. The van der Waals surface area contributed by atoms with Crippen molar-refractivity contribution in [2.75, 3.05) is 11.9 Å². The van der Waals surface area contributed by atoms with Crippen LogP contribution in [-0.2, 0) is 9.53 Å². The molecule has 2 aromatic rings. The third-order valence-corrected chi connectivity index (χ3v) is 3.24. The van der Waals surface area contributed by atoms with Gasteiger partial charge < -0.3 is 10.1 Å². The van der Waals surface area contributed by atoms with Crippen LogP contribution < -0.4 is 5.32 Å². The molecule has 0 aliphatic heterocycles. The molecule has 8 heteroatoms. The molecule has 1 heterocycles. The molecule has 0 saturated heterocycles. The first-order chi connectivity index (χ1) is 10.5. The summed E-state index contributed by atoms with van der Waals surface area (Å²) in [5.41, 5.74) is 0.304. The zero-order valence-electron chi connectivity index (χ0n) is 11.0. The largest absolute Gasteiger partial charge is 0.452 e. The fraction of sp³-hybridized carbons (Fsp3) is 0.0714. The maximum atomic E-state index is 13.1. The summed E-state index contributed by atoms with van der Waals surface area (Å²) >= 11 is 8.98. The maximum Gasteiger partial charge on any atom is 0.340 e. The number of rotatable bonds is 4. The average molecular weight is 388 g/mol. The standard InChI is InChI=1S/C14H9BrClFN2O3/c15-9-3-8(5-18-6-9)14(21)22-7-13(20)19-12-4-10(17)1-2-11(12)16/h1-6H,7H2,(H,19,20). The lowest BCUT2D eigenvalue weighted by molar-refractivity contribution is -0.119. The van der Waals surface area contributed by atoms with E-state index < -0.39 is 24.3 Å². The van der Waals surface area contributed by atoms with E-state index in [1.807, 2.05) is 0 Å². The highest BCUT2D eigenvalue weighted by molar-refractivity contribution is 9.10. The molecule has 0 unspecified atom stereocenters. The van der Waals surface area contributed by atoms with Crippen molar-refractivity contribution >= 4 is 45.1 Å². The van der Waals surface area contributed by atoms with Gasteiger partial charge in [0.15, 0.2) is 6.61 Å². The summed E-state index contributed by atoms with van der Waals surface area (Å²) in [5.74, 6) is -1.88. The summed E-state index contributed by atoms with van der Waals surface area (Å²) in [4.78, 5) is 27.2. The number of ether oxygens (including phenoxy) is 1. The highest BCUT2D eigenvalue weighted by Crippen LogP contribution is 2.22. The molecule has 1 N–H and O–H groups in total. The van der Waals surface area contributed by atoms with Gasteiger partial charge in [-0.25, -0.2) is 9.18 Å². The van der Waals surface area contributed by atoms with Gasteiger partial charge in [0.1, 0.15) is 5.82 Å². The topological polar surface area (TPSA) is 68.3 Å². The van der Waals surface area contributed by atoms with Crippen LogP contribution in [0.3, 0.4) is 0 Å². The molecule has 0 bridgehead atoms. The minimum Gasteiger partial charge on any atom is -0.452 e. The molecule has 0 atom stereocenters. The molecule has 0 aliphatic rings. The van der Waals surface area contributed by atoms with E-state index in [1.165, 1.54) is 24.5 Å². The summed E-state index contributed by atoms with van der Waals surface area (Å²) in [6.45, 7) is -0.530. The lowest BCUT2D eigenvalue weighted by atomic mass is 10.3. The lowest BCUT2D eigenvalue weighted by Crippen LogP contribution is -2.21. The number of halogens is 3. The van der Waals surface area contributed by atoms with Crippen molar-refractivity contribution in [3.05, 3.63) is 57.5 Å². The van der Waals surface area contributed by atoms with Gasteiger partial charge in [0.05, 0.1) is 16.3 Å². The second kappa shape index (κ2) is 7.33. The van der Waals surface area contributed by atoms with Crippen LogP contribution in [0.15, 0.2) is 41.1 Å². The van der Waals surface area contributed by atoms with E-state index in [-0.39, 0.29) is 16.3 Å². The van der Waals surface area contributed by atoms with Crippen LogP contribution >= 0.6 is 27.5 Å². The average Bonchev–Trinajstić information content (AvgIpc) is 2.48. The van der Waals surface area contributed by atoms with Gasteiger partial charge in [-0.05, 0) is 40.2 Å². The van der Waals surface area contributed by atoms with E-state index in [9.17, 15) is 14.0 Å². The van der Waals surface area contributed by atoms with Gasteiger partial charge >= 0.3 is 5.97 Å². The molecule has 22 heavy (non-hydrogen) atoms. The fourth-order valence-electron chi connectivity index (χ4n) is 1.52. The predicted molar refractivity (Wildman–Crippen MR) is 82.3 cm³/mol. The fourth-order valence-corrected chi connectivity index (χ4v) is 2.05. The summed E-state index contributed by atoms with van der Waals surface area (Å²) in [6, 6.07) is 5.06. The second-order valence-corrected chi connectivity index (χ2v) is 5.46. The van der Waals surface area contributed by atoms with Crippen LogP contribution in [0, 0.1) is 5.82 Å². The Hall–Kier alpha value is -1.99. The number of hydrogen-bond acceptors (Lipinski definition) is 4. The number of anilines is 1. The quantitative estimate of drug-likeness (QED) is 0.816. The van der Waals surface area contributed by atoms with Gasteiger partial charge in [-0.1, -0.05) is 11.6 Å². The van der Waals surface area contributed by atoms with Crippen molar-refractivity contribution in [1.82, 2.24) is 4.98 Å². The van der Waals surface area contributed by atoms with Crippen molar-refractivity contribution in [1.29, 1.82) is 0 Å². The predicted octanol–water partition coefficient (Wildman–Crippen LogP) is 3.43. The van der Waals surface area contributed by atoms with E-state index in [2.05, 4.69) is 26.2 Å². The van der Waals surface area contributed by atoms with Crippen LogP contribution in [0.4, 0.5) is 10.1 Å². The third kappa shape index (κ3) is 4.51. The highest BCUT2D eigenvalue weighted by Gasteiger charge is 2.12. The van der Waals surface area contributed by atoms with Gasteiger partial charge in [-0.2, -0.15) is 0 Å². The number of pyridine rings is 1. The monoisotopic (exact) mass is 386 g/mol. The first-order valence-corrected chi connectivity index (χ1v) is 7.15. The van der Waals surface area contributed by atoms with Gasteiger partial charge in [0, 0.05) is 16.9 Å². The van der Waals surface area contributed by atoms with Crippen molar-refractivity contribution in [3.63, 3.8) is 0 Å². The Balaban J connectivity index is 1.93. The first-order valence-electron chi connectivity index (χ1n) is 5.98. The van der Waals surface area contributed by atoms with E-state index >= 15 is 0 Å². The summed E-state index contributed by atoms with van der Waals surface area (Å²) < 4.78 is 18.5. The van der Waals surface area contributed by atoms with E-state index in [4.69, 9.17) is 16.3 Å². The van der Waals surface area contributed by atoms with E-state index in [0.717, 1.165) is 12.1 Å². The molecule has 1 aromatic heterocycles. The highest BCUT2D eigenvalue weighted by atomic mass is 79.9. The van der Waals surface area contributed by atoms with Crippen LogP contribution in [0.25, 0.3) is 0 Å². The van der Waals surface area contributed by atoms with Crippen LogP contribution in [0.2, 0.25) is 5.02 Å². The van der Waals surface area contributed by atoms with Gasteiger partial charge in [0.25, 0.3) is 5.91 Å². The SMILES string of the molecule is O=C(COC(=O)c1cncc(Br)c1)Nc1cc(F)ccc1Cl. The minimum atomic E-state index is -0.700. The molecule has 5 nitrogen and oxygen atoms in total. The Labute approximate surface area is 138 Å². The zero-order chi connectivity index (χ0) is 16.1. The normalized spacial score (nSPS) is 10.1. The van der Waals surface area contributed by atoms with Crippen LogP contribution in [0.1, 0.15) is 10.4 Å². The Morgan fingerprint density at radius 2 is 2.09 bits per heavy atom. The molecule has 0 fully saturated rings. The Kier molecular flexibility index (Phi) is 5.46. The van der Waals surface area contributed by atoms with Gasteiger partial charge in [-0.15, -0.1) is 0 Å². The second-order valence-electron chi connectivity index (χ2n) is 4.14. The number of carbonyl (C=O) groups is 2. The smallest absolute Gasteiger partial charge is 0.340 e. The molecular formula is C14H9BrClFN2O3. The Bertz CT molecular complexity index is 727.